The maximum atomic E-state index is 12.3. The lowest BCUT2D eigenvalue weighted by Gasteiger charge is -2.36. The van der Waals surface area contributed by atoms with E-state index in [2.05, 4.69) is 32.8 Å². The number of unbranched alkanes of at least 4 members (excludes halogenated alkanes) is 1. The molecule has 98 valence electrons. The van der Waals surface area contributed by atoms with Gasteiger partial charge in [0, 0.05) is 11.8 Å². The largest absolute Gasteiger partial charge is 0.309 e. The Labute approximate surface area is 106 Å². The molecule has 0 spiro atoms. The number of Topliss-reactive ketones (excluding diaryl/α,β-unsaturated/α-hetero) is 1. The summed E-state index contributed by atoms with van der Waals surface area (Å²) in [6.45, 7) is 5.82. The summed E-state index contributed by atoms with van der Waals surface area (Å²) in [7, 11) is 4.24. The highest BCUT2D eigenvalue weighted by molar-refractivity contribution is 5.89. The number of hydrogen-bond acceptors (Lipinski definition) is 2. The van der Waals surface area contributed by atoms with Crippen LogP contribution in [0.25, 0.3) is 0 Å². The molecule has 2 heteroatoms. The standard InChI is InChI=1S/C15H27NO/c1-14(2)12-7-9-15(14,13(17)11-12)8-5-6-10-16(3)4/h12H,5-11H2,1-4H3. The first kappa shape index (κ1) is 13.1. The van der Waals surface area contributed by atoms with Crippen LogP contribution in [0.2, 0.25) is 0 Å². The molecule has 2 saturated carbocycles. The molecule has 2 unspecified atom stereocenters. The first-order valence-electron chi connectivity index (χ1n) is 7.08. The first-order valence-corrected chi connectivity index (χ1v) is 7.08. The van der Waals surface area contributed by atoms with Crippen LogP contribution in [0.1, 0.15) is 52.4 Å². The Bertz CT molecular complexity index is 308. The van der Waals surface area contributed by atoms with E-state index in [1.807, 2.05) is 0 Å². The van der Waals surface area contributed by atoms with Crippen LogP contribution in [0.15, 0.2) is 0 Å². The third-order valence-corrected chi connectivity index (χ3v) is 5.60. The lowest BCUT2D eigenvalue weighted by atomic mass is 9.66. The second-order valence-electron chi connectivity index (χ2n) is 6.93. The number of carbonyl (C=O) groups excluding carboxylic acids is 1. The second kappa shape index (κ2) is 4.38. The fourth-order valence-electron chi connectivity index (χ4n) is 4.21. The fraction of sp³-hybridized carbons (Fsp3) is 0.933. The van der Waals surface area contributed by atoms with Gasteiger partial charge in [0.25, 0.3) is 0 Å². The average molecular weight is 237 g/mol. The van der Waals surface area contributed by atoms with Gasteiger partial charge < -0.3 is 4.90 Å². The zero-order valence-corrected chi connectivity index (χ0v) is 11.9. The highest BCUT2D eigenvalue weighted by Gasteiger charge is 2.63. The maximum absolute atomic E-state index is 12.3. The van der Waals surface area contributed by atoms with Gasteiger partial charge in [0.05, 0.1) is 0 Å². The molecule has 0 N–H and O–H groups in total. The van der Waals surface area contributed by atoms with Crippen LogP contribution in [0, 0.1) is 16.7 Å². The topological polar surface area (TPSA) is 20.3 Å². The average Bonchev–Trinajstić information content (AvgIpc) is 2.58. The van der Waals surface area contributed by atoms with Crippen LogP contribution < -0.4 is 0 Å². The summed E-state index contributed by atoms with van der Waals surface area (Å²) >= 11 is 0. The van der Waals surface area contributed by atoms with Crippen molar-refractivity contribution >= 4 is 5.78 Å². The van der Waals surface area contributed by atoms with E-state index in [-0.39, 0.29) is 10.8 Å². The molecule has 0 amide bonds. The number of nitrogens with zero attached hydrogens (tertiary/aromatic N) is 1. The molecule has 2 atom stereocenters. The molecule has 0 heterocycles. The van der Waals surface area contributed by atoms with E-state index in [0.717, 1.165) is 25.8 Å². The predicted molar refractivity (Wildman–Crippen MR) is 71.0 cm³/mol. The van der Waals surface area contributed by atoms with E-state index in [1.54, 1.807) is 0 Å². The molecule has 2 aliphatic rings. The van der Waals surface area contributed by atoms with Gasteiger partial charge in [-0.25, -0.2) is 0 Å². The summed E-state index contributed by atoms with van der Waals surface area (Å²) in [5.41, 5.74) is 0.312. The van der Waals surface area contributed by atoms with E-state index in [1.165, 1.54) is 19.3 Å². The summed E-state index contributed by atoms with van der Waals surface area (Å²) < 4.78 is 0. The molecule has 0 radical (unpaired) electrons. The number of carbonyl (C=O) groups is 1. The van der Waals surface area contributed by atoms with E-state index in [0.29, 0.717) is 11.7 Å². The SMILES string of the molecule is CN(C)CCCCC12CCC(CC1=O)C2(C)C. The summed E-state index contributed by atoms with van der Waals surface area (Å²) in [5.74, 6) is 1.24. The van der Waals surface area contributed by atoms with Crippen molar-refractivity contribution in [3.8, 4) is 0 Å². The van der Waals surface area contributed by atoms with Crippen LogP contribution >= 0.6 is 0 Å². The summed E-state index contributed by atoms with van der Waals surface area (Å²) in [6, 6.07) is 0. The van der Waals surface area contributed by atoms with Crippen LogP contribution in [0.3, 0.4) is 0 Å². The van der Waals surface area contributed by atoms with E-state index in [9.17, 15) is 4.79 Å². The van der Waals surface area contributed by atoms with Crippen molar-refractivity contribution in [3.63, 3.8) is 0 Å². The lowest BCUT2D eigenvalue weighted by molar-refractivity contribution is -0.130. The smallest absolute Gasteiger partial charge is 0.139 e. The first-order chi connectivity index (χ1) is 7.90. The second-order valence-corrected chi connectivity index (χ2v) is 6.93. The minimum atomic E-state index is 0.0456. The molecule has 0 aliphatic heterocycles. The summed E-state index contributed by atoms with van der Waals surface area (Å²) in [4.78, 5) is 14.5. The van der Waals surface area contributed by atoms with Crippen molar-refractivity contribution in [2.24, 2.45) is 16.7 Å². The van der Waals surface area contributed by atoms with Crippen molar-refractivity contribution in [3.05, 3.63) is 0 Å². The van der Waals surface area contributed by atoms with Crippen molar-refractivity contribution in [1.29, 1.82) is 0 Å². The van der Waals surface area contributed by atoms with Crippen LogP contribution in [0.4, 0.5) is 0 Å². The highest BCUT2D eigenvalue weighted by Crippen LogP contribution is 2.65. The molecular formula is C15H27NO. The highest BCUT2D eigenvalue weighted by atomic mass is 16.1. The van der Waals surface area contributed by atoms with E-state index >= 15 is 0 Å². The molecule has 0 aromatic rings. The molecule has 2 bridgehead atoms. The third kappa shape index (κ3) is 1.95. The molecule has 2 fully saturated rings. The number of hydrogen-bond donors (Lipinski definition) is 0. The van der Waals surface area contributed by atoms with Crippen molar-refractivity contribution in [1.82, 2.24) is 4.90 Å². The molecule has 0 aromatic heterocycles. The summed E-state index contributed by atoms with van der Waals surface area (Å²) in [6.07, 6.45) is 6.87. The van der Waals surface area contributed by atoms with Gasteiger partial charge in [-0.2, -0.15) is 0 Å². The molecule has 2 rings (SSSR count). The van der Waals surface area contributed by atoms with Gasteiger partial charge in [-0.05, 0) is 57.7 Å². The Hall–Kier alpha value is -0.370. The monoisotopic (exact) mass is 237 g/mol. The van der Waals surface area contributed by atoms with Crippen molar-refractivity contribution < 1.29 is 4.79 Å². The van der Waals surface area contributed by atoms with Crippen molar-refractivity contribution in [2.75, 3.05) is 20.6 Å². The molecule has 17 heavy (non-hydrogen) atoms. The van der Waals surface area contributed by atoms with Gasteiger partial charge in [0.1, 0.15) is 5.78 Å². The zero-order valence-electron chi connectivity index (χ0n) is 11.9. The van der Waals surface area contributed by atoms with Crippen LogP contribution in [-0.4, -0.2) is 31.3 Å². The molecule has 0 saturated heterocycles. The Kier molecular flexibility index (Phi) is 3.37. The predicted octanol–water partition coefficient (Wildman–Crippen LogP) is 3.11. The normalized spacial score (nSPS) is 34.9. The van der Waals surface area contributed by atoms with Crippen LogP contribution in [-0.2, 0) is 4.79 Å². The number of rotatable bonds is 5. The minimum absolute atomic E-state index is 0.0456. The Morgan fingerprint density at radius 2 is 2.00 bits per heavy atom. The quantitative estimate of drug-likeness (QED) is 0.685. The van der Waals surface area contributed by atoms with Gasteiger partial charge in [-0.1, -0.05) is 20.3 Å². The van der Waals surface area contributed by atoms with Gasteiger partial charge in [-0.3, -0.25) is 4.79 Å². The Morgan fingerprint density at radius 1 is 1.29 bits per heavy atom. The van der Waals surface area contributed by atoms with Gasteiger partial charge in [0.15, 0.2) is 0 Å². The maximum Gasteiger partial charge on any atom is 0.139 e. The molecular weight excluding hydrogens is 210 g/mol. The Morgan fingerprint density at radius 3 is 2.47 bits per heavy atom. The van der Waals surface area contributed by atoms with Crippen LogP contribution in [0.5, 0.6) is 0 Å². The van der Waals surface area contributed by atoms with Gasteiger partial charge in [-0.15, -0.1) is 0 Å². The molecule has 2 aliphatic carbocycles. The lowest BCUT2D eigenvalue weighted by Crippen LogP contribution is -2.35. The number of ketones is 1. The van der Waals surface area contributed by atoms with E-state index < -0.39 is 0 Å². The molecule has 0 aromatic carbocycles. The van der Waals surface area contributed by atoms with Gasteiger partial charge in [0.2, 0.25) is 0 Å². The Balaban J connectivity index is 1.96. The molecule has 2 nitrogen and oxygen atoms in total. The minimum Gasteiger partial charge on any atom is -0.309 e. The van der Waals surface area contributed by atoms with E-state index in [4.69, 9.17) is 0 Å². The van der Waals surface area contributed by atoms with Gasteiger partial charge >= 0.3 is 0 Å². The third-order valence-electron chi connectivity index (χ3n) is 5.60. The van der Waals surface area contributed by atoms with Crippen molar-refractivity contribution in [2.45, 2.75) is 52.4 Å². The number of fused-ring (bicyclic) bond motifs is 2. The fourth-order valence-corrected chi connectivity index (χ4v) is 4.21. The zero-order chi connectivity index (χ0) is 12.7. The summed E-state index contributed by atoms with van der Waals surface area (Å²) in [5, 5.41) is 0.